The van der Waals surface area contributed by atoms with E-state index in [1.54, 1.807) is 25.4 Å². The van der Waals surface area contributed by atoms with Crippen LogP contribution in [-0.2, 0) is 17.1 Å². The van der Waals surface area contributed by atoms with Crippen molar-refractivity contribution in [3.63, 3.8) is 0 Å². The number of rotatable bonds is 5. The first-order valence-electron chi connectivity index (χ1n) is 10.5. The summed E-state index contributed by atoms with van der Waals surface area (Å²) in [6, 6.07) is 9.48. The zero-order valence-corrected chi connectivity index (χ0v) is 19.2. The van der Waals surface area contributed by atoms with E-state index in [0.717, 1.165) is 0 Å². The van der Waals surface area contributed by atoms with E-state index in [2.05, 4.69) is 4.72 Å². The fourth-order valence-corrected chi connectivity index (χ4v) is 4.53. The number of benzene rings is 2. The lowest BCUT2D eigenvalue weighted by Crippen LogP contribution is -2.18. The molecule has 2 aromatic carbocycles. The van der Waals surface area contributed by atoms with Crippen molar-refractivity contribution < 1.29 is 17.2 Å². The predicted octanol–water partition coefficient (Wildman–Crippen LogP) is 4.39. The van der Waals surface area contributed by atoms with Crippen molar-refractivity contribution in [3.8, 4) is 11.1 Å². The number of anilines is 1. The molecule has 172 valence electrons. The summed E-state index contributed by atoms with van der Waals surface area (Å²) in [5.41, 5.74) is 2.87. The van der Waals surface area contributed by atoms with Crippen molar-refractivity contribution in [2.75, 3.05) is 10.5 Å². The van der Waals surface area contributed by atoms with Gasteiger partial charge in [-0.1, -0.05) is 6.92 Å². The van der Waals surface area contributed by atoms with E-state index in [4.69, 9.17) is 4.99 Å². The van der Waals surface area contributed by atoms with Gasteiger partial charge in [-0.15, -0.1) is 0 Å². The average molecular weight is 472 g/mol. The molecule has 0 aliphatic carbocycles. The van der Waals surface area contributed by atoms with Gasteiger partial charge in [0, 0.05) is 36.0 Å². The zero-order valence-electron chi connectivity index (χ0n) is 18.4. The van der Waals surface area contributed by atoms with Gasteiger partial charge < -0.3 is 4.57 Å². The highest BCUT2D eigenvalue weighted by Gasteiger charge is 2.27. The molecule has 2 heterocycles. The minimum Gasteiger partial charge on any atom is -0.318 e. The summed E-state index contributed by atoms with van der Waals surface area (Å²) in [5, 5.41) is 0. The van der Waals surface area contributed by atoms with E-state index < -0.39 is 27.7 Å². The number of hydrogen-bond donors (Lipinski definition) is 1. The Morgan fingerprint density at radius 2 is 1.73 bits per heavy atom. The van der Waals surface area contributed by atoms with Crippen LogP contribution in [0.15, 0.2) is 58.4 Å². The van der Waals surface area contributed by atoms with Crippen molar-refractivity contribution in [1.82, 2.24) is 4.57 Å². The molecule has 6 nitrogen and oxygen atoms in total. The second kappa shape index (κ2) is 8.55. The quantitative estimate of drug-likeness (QED) is 0.599. The fraction of sp³-hybridized carbons (Fsp3) is 0.250. The number of nitrogens with zero attached hydrogens (tertiary/aromatic N) is 2. The first kappa shape index (κ1) is 22.8. The number of halogens is 2. The summed E-state index contributed by atoms with van der Waals surface area (Å²) in [6.45, 7) is 3.38. The molecule has 1 atom stereocenters. The molecule has 0 amide bonds. The zero-order chi connectivity index (χ0) is 23.9. The number of aryl methyl sites for hydroxylation is 1. The Morgan fingerprint density at radius 1 is 1.03 bits per heavy atom. The van der Waals surface area contributed by atoms with Gasteiger partial charge in [-0.2, -0.15) is 0 Å². The van der Waals surface area contributed by atoms with Crippen molar-refractivity contribution in [3.05, 3.63) is 87.3 Å². The molecule has 0 bridgehead atoms. The van der Waals surface area contributed by atoms with Crippen LogP contribution in [0.4, 0.5) is 14.5 Å². The van der Waals surface area contributed by atoms with Gasteiger partial charge >= 0.3 is 0 Å². The third-order valence-electron chi connectivity index (χ3n) is 5.71. The van der Waals surface area contributed by atoms with E-state index in [1.807, 2.05) is 6.92 Å². The Hall–Kier alpha value is -3.33. The Balaban J connectivity index is 2.06. The van der Waals surface area contributed by atoms with Gasteiger partial charge in [-0.25, -0.2) is 17.2 Å². The summed E-state index contributed by atoms with van der Waals surface area (Å²) in [7, 11) is -2.11. The van der Waals surface area contributed by atoms with Crippen LogP contribution in [0.5, 0.6) is 0 Å². The van der Waals surface area contributed by atoms with Gasteiger partial charge in [0.2, 0.25) is 10.0 Å². The highest BCUT2D eigenvalue weighted by atomic mass is 32.2. The van der Waals surface area contributed by atoms with Crippen molar-refractivity contribution >= 4 is 21.4 Å². The minimum atomic E-state index is -3.73. The monoisotopic (exact) mass is 471 g/mol. The topological polar surface area (TPSA) is 80.5 Å². The number of sulfonamides is 1. The third-order valence-corrected chi connectivity index (χ3v) is 7.00. The number of pyridine rings is 1. The molecule has 1 aliphatic heterocycles. The molecule has 4 rings (SSSR count). The van der Waals surface area contributed by atoms with E-state index in [-0.39, 0.29) is 17.0 Å². The molecule has 0 fully saturated rings. The highest BCUT2D eigenvalue weighted by Crippen LogP contribution is 2.40. The lowest BCUT2D eigenvalue weighted by atomic mass is 9.91. The standard InChI is InChI=1S/C24H23F2N3O3S/c1-4-21-17-12-23(30)29(3)13-19(17)16-11-22(28-33(31,32)5-2)20(26)10-18(16)24(27-21)14-6-8-15(25)9-7-14/h6-13,21,28H,4-5H2,1-3H3/t21-/m0/s1. The van der Waals surface area contributed by atoms with Crippen LogP contribution < -0.4 is 10.3 Å². The van der Waals surface area contributed by atoms with Gasteiger partial charge in [-0.05, 0) is 60.9 Å². The first-order chi connectivity index (χ1) is 15.6. The lowest BCUT2D eigenvalue weighted by molar-refractivity contribution is 0.599. The number of aromatic nitrogens is 1. The van der Waals surface area contributed by atoms with E-state index in [1.165, 1.54) is 41.8 Å². The molecule has 1 N–H and O–H groups in total. The molecule has 0 unspecified atom stereocenters. The van der Waals surface area contributed by atoms with Crippen LogP contribution in [0.25, 0.3) is 11.1 Å². The van der Waals surface area contributed by atoms with Gasteiger partial charge in [0.05, 0.1) is 23.2 Å². The van der Waals surface area contributed by atoms with E-state index >= 15 is 4.39 Å². The molecule has 0 spiro atoms. The second-order valence-electron chi connectivity index (χ2n) is 7.88. The van der Waals surface area contributed by atoms with Crippen LogP contribution in [-0.4, -0.2) is 24.4 Å². The van der Waals surface area contributed by atoms with Crippen LogP contribution in [0.3, 0.4) is 0 Å². The Kier molecular flexibility index (Phi) is 5.92. The SMILES string of the molecule is CC[C@@H]1N=C(c2ccc(F)cc2)c2cc(F)c(NS(=O)(=O)CC)cc2-c2cn(C)c(=O)cc21. The summed E-state index contributed by atoms with van der Waals surface area (Å²) in [4.78, 5) is 17.3. The average Bonchev–Trinajstić information content (AvgIpc) is 2.90. The Labute approximate surface area is 190 Å². The molecular weight excluding hydrogens is 448 g/mol. The smallest absolute Gasteiger partial charge is 0.250 e. The maximum absolute atomic E-state index is 15.1. The van der Waals surface area contributed by atoms with Crippen molar-refractivity contribution in [2.24, 2.45) is 12.0 Å². The van der Waals surface area contributed by atoms with Crippen LogP contribution >= 0.6 is 0 Å². The van der Waals surface area contributed by atoms with Crippen LogP contribution in [0.2, 0.25) is 0 Å². The molecule has 0 radical (unpaired) electrons. The largest absolute Gasteiger partial charge is 0.318 e. The molecule has 9 heteroatoms. The molecule has 33 heavy (non-hydrogen) atoms. The van der Waals surface area contributed by atoms with E-state index in [9.17, 15) is 17.6 Å². The lowest BCUT2D eigenvalue weighted by Gasteiger charge is -2.16. The van der Waals surface area contributed by atoms with Crippen molar-refractivity contribution in [2.45, 2.75) is 26.3 Å². The minimum absolute atomic E-state index is 0.191. The number of aliphatic imine (C=N–C) groups is 1. The van der Waals surface area contributed by atoms with Crippen LogP contribution in [0, 0.1) is 11.6 Å². The predicted molar refractivity (Wildman–Crippen MR) is 125 cm³/mol. The molecule has 0 saturated carbocycles. The maximum Gasteiger partial charge on any atom is 0.250 e. The number of nitrogens with one attached hydrogen (secondary N) is 1. The Morgan fingerprint density at radius 3 is 2.36 bits per heavy atom. The third kappa shape index (κ3) is 4.32. The molecule has 3 aromatic rings. The molecule has 1 aromatic heterocycles. The Bertz CT molecular complexity index is 1430. The van der Waals surface area contributed by atoms with Gasteiger partial charge in [-0.3, -0.25) is 14.5 Å². The normalized spacial score (nSPS) is 15.3. The molecule has 1 aliphatic rings. The first-order valence-corrected chi connectivity index (χ1v) is 12.2. The van der Waals surface area contributed by atoms with E-state index in [0.29, 0.717) is 39.9 Å². The number of fused-ring (bicyclic) bond motifs is 3. The second-order valence-corrected chi connectivity index (χ2v) is 9.89. The molecular formula is C24H23F2N3O3S. The molecule has 0 saturated heterocycles. The van der Waals surface area contributed by atoms with Gasteiger partial charge in [0.25, 0.3) is 5.56 Å². The van der Waals surface area contributed by atoms with Gasteiger partial charge in [0.1, 0.15) is 11.6 Å². The van der Waals surface area contributed by atoms with Crippen molar-refractivity contribution in [1.29, 1.82) is 0 Å². The fourth-order valence-electron chi connectivity index (χ4n) is 3.90. The van der Waals surface area contributed by atoms with Gasteiger partial charge in [0.15, 0.2) is 0 Å². The summed E-state index contributed by atoms with van der Waals surface area (Å²) in [6.07, 6.45) is 2.22. The van der Waals surface area contributed by atoms with Crippen LogP contribution in [0.1, 0.15) is 43.0 Å². The highest BCUT2D eigenvalue weighted by molar-refractivity contribution is 7.92. The summed E-state index contributed by atoms with van der Waals surface area (Å²) in [5.74, 6) is -1.39. The summed E-state index contributed by atoms with van der Waals surface area (Å²) < 4.78 is 56.7. The maximum atomic E-state index is 15.1. The number of hydrogen-bond acceptors (Lipinski definition) is 4. The summed E-state index contributed by atoms with van der Waals surface area (Å²) >= 11 is 0.